The Morgan fingerprint density at radius 2 is 1.78 bits per heavy atom. The summed E-state index contributed by atoms with van der Waals surface area (Å²) in [6, 6.07) is 8.31. The van der Waals surface area contributed by atoms with Crippen LogP contribution in [0, 0.1) is 5.82 Å². The van der Waals surface area contributed by atoms with Crippen LogP contribution in [-0.2, 0) is 26.7 Å². The second kappa shape index (κ2) is 12.3. The number of amides is 2. The number of ether oxygens (including phenoxy) is 1. The molecule has 0 spiro atoms. The van der Waals surface area contributed by atoms with Crippen LogP contribution in [-0.4, -0.2) is 49.2 Å². The Hall–Kier alpha value is -3.55. The predicted octanol–water partition coefficient (Wildman–Crippen LogP) is 6.80. The van der Waals surface area contributed by atoms with Crippen molar-refractivity contribution in [3.05, 3.63) is 82.3 Å². The van der Waals surface area contributed by atoms with E-state index in [2.05, 4.69) is 44.5 Å². The van der Waals surface area contributed by atoms with Gasteiger partial charge in [0, 0.05) is 30.3 Å². The molecule has 2 aromatic carbocycles. The van der Waals surface area contributed by atoms with Crippen molar-refractivity contribution in [3.63, 3.8) is 0 Å². The van der Waals surface area contributed by atoms with Crippen LogP contribution in [0.2, 0.25) is 18.1 Å². The van der Waals surface area contributed by atoms with E-state index in [-0.39, 0.29) is 23.3 Å². The van der Waals surface area contributed by atoms with Crippen LogP contribution in [0.15, 0.2) is 48.5 Å². The molecule has 1 fully saturated rings. The van der Waals surface area contributed by atoms with Crippen molar-refractivity contribution in [2.75, 3.05) is 18.5 Å². The Bertz CT molecular complexity index is 1560. The Morgan fingerprint density at radius 1 is 1.11 bits per heavy atom. The first-order valence-electron chi connectivity index (χ1n) is 14.9. The fraction of sp³-hybridized carbons (Fsp3) is 0.469. The van der Waals surface area contributed by atoms with Gasteiger partial charge < -0.3 is 19.8 Å². The molecule has 5 rings (SSSR count). The van der Waals surface area contributed by atoms with E-state index in [1.807, 2.05) is 0 Å². The number of carbonyl (C=O) groups excluding carboxylic acids is 2. The maximum Gasteiger partial charge on any atom is 0.416 e. The van der Waals surface area contributed by atoms with Crippen molar-refractivity contribution >= 4 is 25.9 Å². The first kappa shape index (κ1) is 32.8. The van der Waals surface area contributed by atoms with Gasteiger partial charge in [0.25, 0.3) is 5.91 Å². The van der Waals surface area contributed by atoms with Gasteiger partial charge in [-0.2, -0.15) is 18.3 Å². The summed E-state index contributed by atoms with van der Waals surface area (Å²) in [5, 5.41) is 10.5. The predicted molar refractivity (Wildman–Crippen MR) is 163 cm³/mol. The molecule has 2 aliphatic rings. The number of anilines is 1. The number of halogens is 4. The fourth-order valence-electron chi connectivity index (χ4n) is 5.46. The zero-order valence-corrected chi connectivity index (χ0v) is 26.9. The Labute approximate surface area is 260 Å². The minimum absolute atomic E-state index is 0.0699. The van der Waals surface area contributed by atoms with Gasteiger partial charge in [-0.05, 0) is 66.9 Å². The molecule has 3 aromatic rings. The van der Waals surface area contributed by atoms with E-state index >= 15 is 0 Å². The fourth-order valence-corrected chi connectivity index (χ4v) is 6.39. The molecule has 2 amide bonds. The summed E-state index contributed by atoms with van der Waals surface area (Å²) in [5.41, 5.74) is 0.473. The van der Waals surface area contributed by atoms with Crippen LogP contribution in [0.1, 0.15) is 78.3 Å². The Balaban J connectivity index is 1.61. The first-order valence-corrected chi connectivity index (χ1v) is 17.8. The zero-order chi connectivity index (χ0) is 32.7. The van der Waals surface area contributed by atoms with E-state index in [4.69, 9.17) is 14.3 Å². The summed E-state index contributed by atoms with van der Waals surface area (Å²) in [6.07, 6.45) is -3.31. The van der Waals surface area contributed by atoms with Gasteiger partial charge in [-0.25, -0.2) is 9.07 Å². The smallest absolute Gasteiger partial charge is 0.411 e. The van der Waals surface area contributed by atoms with E-state index in [0.717, 1.165) is 18.2 Å². The molecule has 2 N–H and O–H groups in total. The number of alkyl halides is 3. The molecule has 0 saturated carbocycles. The third-order valence-electron chi connectivity index (χ3n) is 9.07. The van der Waals surface area contributed by atoms with Crippen molar-refractivity contribution in [1.29, 1.82) is 0 Å². The molecule has 2 aliphatic heterocycles. The van der Waals surface area contributed by atoms with Crippen LogP contribution in [0.5, 0.6) is 0 Å². The highest BCUT2D eigenvalue weighted by atomic mass is 28.4. The van der Waals surface area contributed by atoms with Crippen molar-refractivity contribution in [2.45, 2.75) is 82.5 Å². The van der Waals surface area contributed by atoms with Gasteiger partial charge in [-0.3, -0.25) is 9.59 Å². The maximum absolute atomic E-state index is 14.1. The molecule has 8 nitrogen and oxygen atoms in total. The Kier molecular flexibility index (Phi) is 8.99. The minimum atomic E-state index is -4.65. The third kappa shape index (κ3) is 6.85. The lowest BCUT2D eigenvalue weighted by atomic mass is 9.81. The number of benzene rings is 2. The van der Waals surface area contributed by atoms with Gasteiger partial charge in [0.05, 0.1) is 23.9 Å². The second-order valence-electron chi connectivity index (χ2n) is 13.1. The molecule has 0 unspecified atom stereocenters. The summed E-state index contributed by atoms with van der Waals surface area (Å²) in [4.78, 5) is 27.2. The van der Waals surface area contributed by atoms with E-state index in [9.17, 15) is 27.2 Å². The van der Waals surface area contributed by atoms with Crippen molar-refractivity contribution in [2.24, 2.45) is 0 Å². The molecule has 0 radical (unpaired) electrons. The molecule has 13 heteroatoms. The number of hydrogen-bond acceptors (Lipinski definition) is 5. The molecule has 2 atom stereocenters. The topological polar surface area (TPSA) is 94.5 Å². The number of nitrogens with zero attached hydrogens (tertiary/aromatic N) is 2. The lowest BCUT2D eigenvalue weighted by molar-refractivity contribution is -0.137. The minimum Gasteiger partial charge on any atom is -0.411 e. The number of carbonyl (C=O) groups is 2. The van der Waals surface area contributed by atoms with Crippen LogP contribution < -0.4 is 10.6 Å². The molecule has 1 saturated heterocycles. The number of hydrogen-bond donors (Lipinski definition) is 2. The maximum atomic E-state index is 14.1. The summed E-state index contributed by atoms with van der Waals surface area (Å²) in [6.45, 7) is 11.8. The van der Waals surface area contributed by atoms with Gasteiger partial charge in [0.2, 0.25) is 5.91 Å². The van der Waals surface area contributed by atoms with Crippen LogP contribution in [0.4, 0.5) is 23.4 Å². The van der Waals surface area contributed by atoms with Gasteiger partial charge in [0.15, 0.2) is 8.32 Å². The van der Waals surface area contributed by atoms with E-state index in [1.54, 1.807) is 4.68 Å². The normalized spacial score (nSPS) is 19.6. The average Bonchev–Trinajstić information content (AvgIpc) is 3.34. The molecular formula is C32H38F4N4O4Si. The van der Waals surface area contributed by atoms with Crippen LogP contribution in [0.25, 0.3) is 0 Å². The lowest BCUT2D eigenvalue weighted by Gasteiger charge is -2.36. The highest BCUT2D eigenvalue weighted by molar-refractivity contribution is 6.74. The summed E-state index contributed by atoms with van der Waals surface area (Å²) >= 11 is 0. The summed E-state index contributed by atoms with van der Waals surface area (Å²) in [5.74, 6) is -2.28. The average molecular weight is 647 g/mol. The van der Waals surface area contributed by atoms with Gasteiger partial charge in [-0.15, -0.1) is 0 Å². The van der Waals surface area contributed by atoms with Gasteiger partial charge in [0.1, 0.15) is 17.7 Å². The molecule has 0 bridgehead atoms. The molecule has 0 aliphatic carbocycles. The molecule has 1 aromatic heterocycles. The largest absolute Gasteiger partial charge is 0.416 e. The molecule has 3 heterocycles. The van der Waals surface area contributed by atoms with Gasteiger partial charge >= 0.3 is 6.18 Å². The molecular weight excluding hydrogens is 608 g/mol. The zero-order valence-electron chi connectivity index (χ0n) is 25.9. The van der Waals surface area contributed by atoms with E-state index in [0.29, 0.717) is 48.7 Å². The number of aromatic nitrogens is 2. The first-order chi connectivity index (χ1) is 21.1. The second-order valence-corrected chi connectivity index (χ2v) is 17.9. The number of nitrogens with one attached hydrogen (secondary N) is 2. The SMILES string of the molecule is CC(C)(C)[Si](C)(C)OCc1nn(C2CCOCC2)c2c1[C@@H](c1ccc(F)cc1)[C@H](NC(=O)c1cccc(C(F)(F)F)c1)C(=O)N2. The molecule has 242 valence electrons. The number of fused-ring (bicyclic) bond motifs is 1. The third-order valence-corrected chi connectivity index (χ3v) is 13.6. The number of rotatable bonds is 7. The van der Waals surface area contributed by atoms with Crippen molar-refractivity contribution < 1.29 is 36.3 Å². The molecule has 45 heavy (non-hydrogen) atoms. The highest BCUT2D eigenvalue weighted by Crippen LogP contribution is 2.44. The lowest BCUT2D eigenvalue weighted by Crippen LogP contribution is -2.51. The van der Waals surface area contributed by atoms with Crippen molar-refractivity contribution in [1.82, 2.24) is 15.1 Å². The summed E-state index contributed by atoms with van der Waals surface area (Å²) < 4.78 is 68.3. The van der Waals surface area contributed by atoms with Crippen molar-refractivity contribution in [3.8, 4) is 0 Å². The summed E-state index contributed by atoms with van der Waals surface area (Å²) in [7, 11) is -2.26. The highest BCUT2D eigenvalue weighted by Gasteiger charge is 2.44. The van der Waals surface area contributed by atoms with Crippen LogP contribution >= 0.6 is 0 Å². The van der Waals surface area contributed by atoms with Crippen LogP contribution in [0.3, 0.4) is 0 Å². The van der Waals surface area contributed by atoms with Gasteiger partial charge in [-0.1, -0.05) is 39.0 Å². The quantitative estimate of drug-likeness (QED) is 0.218. The van der Waals surface area contributed by atoms with E-state index in [1.165, 1.54) is 30.3 Å². The monoisotopic (exact) mass is 646 g/mol. The standard InChI is InChI=1S/C32H38F4N4O4Si/c1-31(2,3)45(4,5)44-18-24-26-25(19-9-11-22(33)12-10-19)27(37-29(41)20-7-6-8-21(17-20)32(34,35)36)30(42)38-28(26)40(39-24)23-13-15-43-16-14-23/h6-12,17,23,25,27H,13-16,18H2,1-5H3,(H,37,41)(H,38,42)/t25-,27+/m1/s1. The Morgan fingerprint density at radius 3 is 2.40 bits per heavy atom. The van der Waals surface area contributed by atoms with E-state index < -0.39 is 49.6 Å².